The van der Waals surface area contributed by atoms with E-state index in [0.29, 0.717) is 0 Å². The first-order valence-corrected chi connectivity index (χ1v) is 8.65. The van der Waals surface area contributed by atoms with Gasteiger partial charge in [0, 0.05) is 0 Å². The molecule has 1 aromatic carbocycles. The van der Waals surface area contributed by atoms with E-state index in [1.165, 1.54) is 10.6 Å². The minimum atomic E-state index is 0.910. The van der Waals surface area contributed by atoms with Crippen LogP contribution in [0.3, 0.4) is 0 Å². The van der Waals surface area contributed by atoms with Crippen molar-refractivity contribution in [3.8, 4) is 5.75 Å². The molecule has 0 bridgehead atoms. The molecule has 1 aromatic rings. The van der Waals surface area contributed by atoms with Crippen molar-refractivity contribution >= 4 is 15.0 Å². The summed E-state index contributed by atoms with van der Waals surface area (Å²) in [6.45, 7) is 9.23. The Morgan fingerprint density at radius 1 is 0.941 bits per heavy atom. The summed E-state index contributed by atoms with van der Waals surface area (Å²) in [6.07, 6.45) is 0. The molecule has 0 atom stereocenters. The molecule has 0 heterocycles. The quantitative estimate of drug-likeness (QED) is 0.726. The number of hydrogen-bond acceptors (Lipinski definition) is 1. The average Bonchev–Trinajstić information content (AvgIpc) is 2.30. The molecule has 0 N–H and O–H groups in total. The summed E-state index contributed by atoms with van der Waals surface area (Å²) in [5.74, 6) is 2.75. The molecule has 98 valence electrons. The van der Waals surface area contributed by atoms with Gasteiger partial charge in [0.1, 0.15) is 5.75 Å². The van der Waals surface area contributed by atoms with E-state index in [9.17, 15) is 0 Å². The summed E-state index contributed by atoms with van der Waals surface area (Å²) in [7, 11) is 1.66. The Hall–Kier alpha value is -0.461. The fourth-order valence-electron chi connectivity index (χ4n) is 1.10. The van der Waals surface area contributed by atoms with Crippen molar-refractivity contribution in [3.63, 3.8) is 0 Å². The zero-order valence-corrected chi connectivity index (χ0v) is 13.5. The van der Waals surface area contributed by atoms with Crippen LogP contribution in [0.5, 0.6) is 5.75 Å². The molecule has 0 fully saturated rings. The first kappa shape index (κ1) is 16.5. The van der Waals surface area contributed by atoms with Gasteiger partial charge in [-0.3, -0.25) is 0 Å². The minimum Gasteiger partial charge on any atom is -0.497 e. The Morgan fingerprint density at radius 3 is 1.71 bits per heavy atom. The first-order chi connectivity index (χ1) is 8.06. The third kappa shape index (κ3) is 11.8. The molecular formula is C15H26OSe. The van der Waals surface area contributed by atoms with E-state index in [-0.39, 0.29) is 0 Å². The number of ether oxygens (including phenoxy) is 1. The monoisotopic (exact) mass is 302 g/mol. The normalized spacial score (nSPS) is 10.1. The number of methoxy groups -OCH3 is 1. The van der Waals surface area contributed by atoms with E-state index < -0.39 is 0 Å². The molecule has 0 spiro atoms. The maximum absolute atomic E-state index is 4.91. The van der Waals surface area contributed by atoms with Gasteiger partial charge in [-0.25, -0.2) is 0 Å². The van der Waals surface area contributed by atoms with Crippen LogP contribution in [0.2, 0.25) is 10.6 Å². The van der Waals surface area contributed by atoms with Crippen LogP contribution >= 0.6 is 0 Å². The summed E-state index contributed by atoms with van der Waals surface area (Å²) in [5, 5.41) is 2.93. The third-order valence-electron chi connectivity index (χ3n) is 1.88. The minimum absolute atomic E-state index is 0.910. The van der Waals surface area contributed by atoms with Crippen LogP contribution in [-0.4, -0.2) is 22.1 Å². The molecular weight excluding hydrogens is 275 g/mol. The van der Waals surface area contributed by atoms with Gasteiger partial charge in [0.05, 0.1) is 7.11 Å². The van der Waals surface area contributed by atoms with Crippen LogP contribution in [0.1, 0.15) is 27.7 Å². The maximum Gasteiger partial charge on any atom is 0.118 e. The molecule has 0 saturated carbocycles. The molecule has 0 radical (unpaired) electrons. The summed E-state index contributed by atoms with van der Waals surface area (Å²) < 4.78 is 4.91. The number of rotatable bonds is 5. The van der Waals surface area contributed by atoms with E-state index in [1.54, 1.807) is 7.11 Å². The molecule has 2 heteroatoms. The second kappa shape index (κ2) is 10.7. The van der Waals surface area contributed by atoms with Crippen molar-refractivity contribution in [2.75, 3.05) is 7.11 Å². The van der Waals surface area contributed by atoms with E-state index >= 15 is 0 Å². The van der Waals surface area contributed by atoms with Gasteiger partial charge in [0.15, 0.2) is 0 Å². The third-order valence-corrected chi connectivity index (χ3v) is 5.67. The van der Waals surface area contributed by atoms with Crippen molar-refractivity contribution in [2.45, 2.75) is 38.3 Å². The van der Waals surface area contributed by atoms with Gasteiger partial charge in [-0.15, -0.1) is 0 Å². The molecule has 0 aromatic heterocycles. The smallest absolute Gasteiger partial charge is 0.118 e. The van der Waals surface area contributed by atoms with E-state index in [0.717, 1.165) is 32.5 Å². The molecule has 0 aliphatic rings. The van der Waals surface area contributed by atoms with Crippen LogP contribution in [0.25, 0.3) is 0 Å². The van der Waals surface area contributed by atoms with E-state index in [1.807, 2.05) is 30.3 Å². The Balaban J connectivity index is 0.000000302. The summed E-state index contributed by atoms with van der Waals surface area (Å²) in [5.41, 5.74) is 0. The number of hydrogen-bond donors (Lipinski definition) is 0. The van der Waals surface area contributed by atoms with Crippen molar-refractivity contribution < 1.29 is 4.74 Å². The summed E-state index contributed by atoms with van der Waals surface area (Å²) in [4.78, 5) is 0. The predicted octanol–water partition coefficient (Wildman–Crippen LogP) is 4.53. The molecule has 0 saturated heterocycles. The van der Waals surface area contributed by atoms with Gasteiger partial charge in [0.2, 0.25) is 0 Å². The second-order valence-corrected chi connectivity index (χ2v) is 7.10. The predicted molar refractivity (Wildman–Crippen MR) is 78.0 cm³/mol. The molecule has 0 aliphatic carbocycles. The van der Waals surface area contributed by atoms with E-state index in [2.05, 4.69) is 27.7 Å². The first-order valence-electron chi connectivity index (χ1n) is 6.23. The topological polar surface area (TPSA) is 9.23 Å². The Kier molecular flexibility index (Phi) is 10.4. The molecule has 0 aliphatic heterocycles. The van der Waals surface area contributed by atoms with Gasteiger partial charge < -0.3 is 4.74 Å². The Labute approximate surface area is 113 Å². The van der Waals surface area contributed by atoms with Crippen molar-refractivity contribution in [3.05, 3.63) is 30.3 Å². The zero-order valence-electron chi connectivity index (χ0n) is 11.8. The molecule has 1 rings (SSSR count). The van der Waals surface area contributed by atoms with Crippen molar-refractivity contribution in [1.82, 2.24) is 0 Å². The van der Waals surface area contributed by atoms with Gasteiger partial charge in [-0.2, -0.15) is 0 Å². The van der Waals surface area contributed by atoms with Crippen molar-refractivity contribution in [1.29, 1.82) is 0 Å². The van der Waals surface area contributed by atoms with Gasteiger partial charge in [-0.05, 0) is 12.1 Å². The van der Waals surface area contributed by atoms with Gasteiger partial charge in [-0.1, -0.05) is 18.2 Å². The summed E-state index contributed by atoms with van der Waals surface area (Å²) >= 11 is 0.919. The van der Waals surface area contributed by atoms with Crippen LogP contribution < -0.4 is 4.74 Å². The SMILES string of the molecule is CC(C)C[Se]CC(C)C.COc1ccccc1. The molecule has 1 nitrogen and oxygen atoms in total. The van der Waals surface area contributed by atoms with Crippen LogP contribution in [-0.2, 0) is 0 Å². The average molecular weight is 301 g/mol. The maximum atomic E-state index is 4.91. The fraction of sp³-hybridized carbons (Fsp3) is 0.600. The number of benzene rings is 1. The Morgan fingerprint density at radius 2 is 1.41 bits per heavy atom. The zero-order chi connectivity index (χ0) is 13.1. The molecule has 17 heavy (non-hydrogen) atoms. The summed E-state index contributed by atoms with van der Waals surface area (Å²) in [6, 6.07) is 9.68. The second-order valence-electron chi connectivity index (χ2n) is 4.84. The van der Waals surface area contributed by atoms with Crippen LogP contribution in [0, 0.1) is 11.8 Å². The van der Waals surface area contributed by atoms with Gasteiger partial charge >= 0.3 is 65.1 Å². The largest absolute Gasteiger partial charge is 0.497 e. The number of para-hydroxylation sites is 1. The standard InChI is InChI=1S/C8H18Se.C7H8O/c1-7(2)5-9-6-8(3)4;1-8-7-5-3-2-4-6-7/h7-8H,5-6H2,1-4H3;2-6H,1H3. The van der Waals surface area contributed by atoms with Gasteiger partial charge in [0.25, 0.3) is 0 Å². The molecule has 0 amide bonds. The Bertz CT molecular complexity index is 249. The van der Waals surface area contributed by atoms with E-state index in [4.69, 9.17) is 4.74 Å². The fourth-order valence-corrected chi connectivity index (χ4v) is 3.36. The van der Waals surface area contributed by atoms with Crippen LogP contribution in [0.15, 0.2) is 30.3 Å². The van der Waals surface area contributed by atoms with Crippen LogP contribution in [0.4, 0.5) is 0 Å². The van der Waals surface area contributed by atoms with Crippen molar-refractivity contribution in [2.24, 2.45) is 11.8 Å². The molecule has 0 unspecified atom stereocenters.